The monoisotopic (exact) mass is 1500 g/mol. The molecule has 4 N–H and O–H groups in total. The summed E-state index contributed by atoms with van der Waals surface area (Å²) in [6, 6.07) is 14.7. The standard InChI is InChI=1S/C26H21F4N7O3S.C23H18F4N4O.C3H4ClN3O2S.3CH4O3S/c1-35-32-14-23(34-35)41(39,40)36-9-7-17-11-22-16(13-33-37(22)20-4-2-19(27)3-5-20)12-25(17,15-36)24(38)21-10-18(6-8-31-21)26(28,29)30;24-17-1-3-18(4-2-17)31-20-10-15-5-7-28-13-22(15,11-14(20)12-30-31)21(32)19-9-16(6-8-29-19)23(25,26)27;1-7-5-2-3(6-7)10(4,8)9;3*1-5(2,3)4/h2-6,8,10-11,13-14H,7,9,12,15H2,1H3;1-4,6,8-10,12,28H,5,7,11,13H2;2H,1H3;3*1H3,(H,2,3,4)/t25-;22-;;;;/m00..../s1. The van der Waals surface area contributed by atoms with Crippen LogP contribution in [0.5, 0.6) is 0 Å². The van der Waals surface area contributed by atoms with E-state index in [1.807, 2.05) is 6.08 Å². The average Bonchev–Trinajstić information content (AvgIpc) is 1.26. The van der Waals surface area contributed by atoms with Crippen LogP contribution in [0.2, 0.25) is 0 Å². The Balaban J connectivity index is 0.000000207. The molecule has 0 amide bonds. The van der Waals surface area contributed by atoms with Gasteiger partial charge in [-0.15, -0.1) is 10.2 Å². The summed E-state index contributed by atoms with van der Waals surface area (Å²) in [7, 11) is -11.0. The van der Waals surface area contributed by atoms with Crippen molar-refractivity contribution in [3.05, 3.63) is 178 Å². The van der Waals surface area contributed by atoms with Crippen molar-refractivity contribution in [1.82, 2.24) is 69.1 Å². The number of piperidine rings is 2. The summed E-state index contributed by atoms with van der Waals surface area (Å²) in [5, 5.41) is 26.2. The summed E-state index contributed by atoms with van der Waals surface area (Å²) in [4.78, 5) is 37.9. The van der Waals surface area contributed by atoms with E-state index in [1.165, 1.54) is 56.7 Å². The topological polar surface area (TPSA) is 404 Å². The summed E-state index contributed by atoms with van der Waals surface area (Å²) < 4.78 is 237. The third kappa shape index (κ3) is 19.9. The Morgan fingerprint density at radius 3 is 1.33 bits per heavy atom. The number of hydrogen-bond acceptors (Lipinski definition) is 21. The summed E-state index contributed by atoms with van der Waals surface area (Å²) in [5.74, 6) is -1.97. The molecule has 0 bridgehead atoms. The van der Waals surface area contributed by atoms with Gasteiger partial charge in [0.05, 0.1) is 88.3 Å². The molecule has 4 aliphatic rings. The fourth-order valence-electron chi connectivity index (χ4n) is 10.3. The number of nitrogens with zero attached hydrogens (tertiary/aromatic N) is 13. The molecule has 98 heavy (non-hydrogen) atoms. The minimum absolute atomic E-state index is 0.00416. The van der Waals surface area contributed by atoms with Gasteiger partial charge in [0, 0.05) is 56.8 Å². The first-order valence-electron chi connectivity index (χ1n) is 27.6. The van der Waals surface area contributed by atoms with E-state index in [-0.39, 0.29) is 47.5 Å². The quantitative estimate of drug-likeness (QED) is 0.0562. The molecule has 43 heteroatoms. The first-order chi connectivity index (χ1) is 45.2. The van der Waals surface area contributed by atoms with Crippen molar-refractivity contribution < 1.29 is 100 Å². The number of ketones is 2. The summed E-state index contributed by atoms with van der Waals surface area (Å²) >= 11 is 0. The van der Waals surface area contributed by atoms with Crippen LogP contribution in [-0.4, -0.2) is 176 Å². The molecule has 2 aliphatic heterocycles. The highest BCUT2D eigenvalue weighted by molar-refractivity contribution is 8.13. The highest BCUT2D eigenvalue weighted by Gasteiger charge is 2.53. The van der Waals surface area contributed by atoms with Crippen molar-refractivity contribution in [3.8, 4) is 11.4 Å². The van der Waals surface area contributed by atoms with Crippen LogP contribution in [0.4, 0.5) is 35.1 Å². The van der Waals surface area contributed by atoms with Gasteiger partial charge in [0.2, 0.25) is 10.1 Å². The minimum atomic E-state index is -4.71. The van der Waals surface area contributed by atoms with Crippen LogP contribution in [0.3, 0.4) is 0 Å². The van der Waals surface area contributed by atoms with Crippen molar-refractivity contribution in [1.29, 1.82) is 0 Å². The van der Waals surface area contributed by atoms with Crippen molar-refractivity contribution in [2.45, 2.75) is 48.1 Å². The van der Waals surface area contributed by atoms with Gasteiger partial charge in [0.1, 0.15) is 23.0 Å². The van der Waals surface area contributed by atoms with Gasteiger partial charge in [-0.3, -0.25) is 33.2 Å². The zero-order chi connectivity index (χ0) is 72.9. The number of sulfonamides is 1. The van der Waals surface area contributed by atoms with E-state index in [4.69, 9.17) is 24.3 Å². The van der Waals surface area contributed by atoms with Gasteiger partial charge < -0.3 is 5.32 Å². The fourth-order valence-corrected chi connectivity index (χ4v) is 12.3. The fraction of sp³-hybridized carbons (Fsp3) is 0.309. The van der Waals surface area contributed by atoms with Crippen molar-refractivity contribution in [3.63, 3.8) is 0 Å². The summed E-state index contributed by atoms with van der Waals surface area (Å²) in [5.41, 5.74) is 0.185. The molecule has 0 radical (unpaired) electrons. The second-order valence-electron chi connectivity index (χ2n) is 21.8. The number of aromatic nitrogens is 12. The molecule has 2 atom stereocenters. The number of hydrogen-bond donors (Lipinski definition) is 4. The Kier molecular flexibility index (Phi) is 23.2. The van der Waals surface area contributed by atoms with E-state index in [1.54, 1.807) is 33.8 Å². The van der Waals surface area contributed by atoms with Gasteiger partial charge in [-0.05, 0) is 128 Å². The number of benzene rings is 2. The second kappa shape index (κ2) is 29.5. The van der Waals surface area contributed by atoms with Crippen LogP contribution in [-0.2, 0) is 88.7 Å². The zero-order valence-corrected chi connectivity index (χ0v) is 56.0. The van der Waals surface area contributed by atoms with E-state index in [0.717, 1.165) is 73.7 Å². The third-order valence-corrected chi connectivity index (χ3v) is 17.2. The van der Waals surface area contributed by atoms with Gasteiger partial charge in [-0.2, -0.15) is 85.9 Å². The molecular formula is C55H55ClF8N14O15S5. The average molecular weight is 1500 g/mol. The maximum atomic E-state index is 14.2. The number of nitrogens with one attached hydrogen (secondary N) is 1. The number of aryl methyl sites for hydroxylation is 2. The number of rotatable bonds is 9. The van der Waals surface area contributed by atoms with Crippen LogP contribution in [0.1, 0.15) is 67.5 Å². The molecule has 12 rings (SSSR count). The van der Waals surface area contributed by atoms with Crippen LogP contribution in [0, 0.1) is 22.5 Å². The number of pyridine rings is 2. The third-order valence-electron chi connectivity index (χ3n) is 14.3. The molecule has 528 valence electrons. The number of carbonyl (C=O) groups excluding carboxylic acids is 2. The van der Waals surface area contributed by atoms with Crippen LogP contribution in [0.25, 0.3) is 23.5 Å². The molecule has 0 unspecified atom stereocenters. The van der Waals surface area contributed by atoms with E-state index >= 15 is 0 Å². The van der Waals surface area contributed by atoms with Crippen molar-refractivity contribution in [2.75, 3.05) is 44.9 Å². The Morgan fingerprint density at radius 1 is 0.561 bits per heavy atom. The van der Waals surface area contributed by atoms with Crippen molar-refractivity contribution >= 4 is 83.8 Å². The van der Waals surface area contributed by atoms with Gasteiger partial charge >= 0.3 is 12.4 Å². The molecule has 8 heterocycles. The van der Waals surface area contributed by atoms with Gasteiger partial charge in [0.25, 0.3) is 49.4 Å². The Morgan fingerprint density at radius 2 is 0.949 bits per heavy atom. The number of halogens is 9. The predicted octanol–water partition coefficient (Wildman–Crippen LogP) is 5.94. The second-order valence-corrected chi connectivity index (χ2v) is 30.5. The molecule has 2 aromatic carbocycles. The number of fused-ring (bicyclic) bond motifs is 4. The molecule has 6 aromatic heterocycles. The lowest BCUT2D eigenvalue weighted by atomic mass is 9.65. The highest BCUT2D eigenvalue weighted by atomic mass is 35.7. The van der Waals surface area contributed by atoms with E-state index in [9.17, 15) is 86.8 Å². The smallest absolute Gasteiger partial charge is 0.315 e. The SMILES string of the molecule is CS(=O)(=O)O.CS(=O)(=O)O.CS(=O)(=O)O.Cn1ncc(S(=O)(=O)Cl)n1.Cn1ncc(S(=O)(=O)N2CCC3=Cc4c(cnn4-c4ccc(F)cc4)C[C@]3(C(=O)c3cc(C(F)(F)F)ccn3)C2)n1.O=C(c1cc(C(F)(F)F)ccn1)[C@@]12CNCCC1=Cc1c(cnn1-c1ccc(F)cc1)C2. The Hall–Kier alpha value is -8.46. The molecule has 29 nitrogen and oxygen atoms in total. The van der Waals surface area contributed by atoms with Crippen LogP contribution < -0.4 is 5.32 Å². The first kappa shape index (κ1) is 76.9. The number of carbonyl (C=O) groups is 2. The lowest BCUT2D eigenvalue weighted by molar-refractivity contribution is -0.138. The van der Waals surface area contributed by atoms with Crippen LogP contribution >= 0.6 is 10.7 Å². The molecule has 2 aliphatic carbocycles. The maximum Gasteiger partial charge on any atom is 0.416 e. The largest absolute Gasteiger partial charge is 0.416 e. The van der Waals surface area contributed by atoms with Gasteiger partial charge in [0.15, 0.2) is 11.6 Å². The minimum Gasteiger partial charge on any atom is -0.315 e. The normalized spacial score (nSPS) is 17.7. The Bertz CT molecular complexity index is 4860. The molecule has 0 spiro atoms. The lowest BCUT2D eigenvalue weighted by Crippen LogP contribution is -2.53. The van der Waals surface area contributed by atoms with E-state index in [2.05, 4.69) is 45.9 Å². The maximum absolute atomic E-state index is 14.2. The number of alkyl halides is 6. The zero-order valence-electron chi connectivity index (χ0n) is 51.2. The summed E-state index contributed by atoms with van der Waals surface area (Å²) in [6.45, 7) is 0.596. The van der Waals surface area contributed by atoms with Gasteiger partial charge in [-0.25, -0.2) is 35.0 Å². The van der Waals surface area contributed by atoms with Crippen molar-refractivity contribution in [2.24, 2.45) is 24.9 Å². The lowest BCUT2D eigenvalue weighted by Gasteiger charge is -2.44. The van der Waals surface area contributed by atoms with Gasteiger partial charge in [-0.1, -0.05) is 11.1 Å². The Labute approximate surface area is 557 Å². The first-order valence-corrected chi connectivity index (χ1v) is 36.9. The van der Waals surface area contributed by atoms with Crippen LogP contribution in [0.15, 0.2) is 131 Å². The molecule has 8 aromatic rings. The molecule has 2 fully saturated rings. The molecule has 2 saturated heterocycles. The number of Topliss-reactive ketones (excluding diaryl/α,β-unsaturated/α-hetero) is 2. The van der Waals surface area contributed by atoms with E-state index < -0.39 is 107 Å². The predicted molar refractivity (Wildman–Crippen MR) is 331 cm³/mol. The van der Waals surface area contributed by atoms with E-state index in [0.29, 0.717) is 79.0 Å². The molecule has 0 saturated carbocycles. The summed E-state index contributed by atoms with van der Waals surface area (Å²) in [6.07, 6.45) is 4.67. The highest BCUT2D eigenvalue weighted by Crippen LogP contribution is 2.48. The molecular weight excluding hydrogens is 1440 g/mol.